The molecule has 0 saturated carbocycles. The molecule has 1 nitrogen and oxygen atoms in total. The Morgan fingerprint density at radius 2 is 0.977 bits per heavy atom. The minimum Gasteiger partial charge on any atom is -0.309 e. The van der Waals surface area contributed by atoms with Crippen LogP contribution in [0.25, 0.3) is 55.3 Å². The van der Waals surface area contributed by atoms with Crippen molar-refractivity contribution >= 4 is 27.8 Å². The normalized spacial score (nSPS) is 13.8. The molecular formula is C43H31N. The number of hydrogen-bond donors (Lipinski definition) is 0. The fourth-order valence-corrected chi connectivity index (χ4v) is 7.77. The highest BCUT2D eigenvalue weighted by Gasteiger charge is 2.38. The van der Waals surface area contributed by atoms with Gasteiger partial charge in [0.2, 0.25) is 0 Å². The third-order valence-corrected chi connectivity index (χ3v) is 9.78. The highest BCUT2D eigenvalue weighted by atomic mass is 15.1. The van der Waals surface area contributed by atoms with Crippen LogP contribution in [0.2, 0.25) is 0 Å². The Hall–Kier alpha value is -5.40. The predicted molar refractivity (Wildman–Crippen MR) is 186 cm³/mol. The van der Waals surface area contributed by atoms with Crippen LogP contribution in [-0.2, 0) is 5.41 Å². The summed E-state index contributed by atoms with van der Waals surface area (Å²) in [5, 5.41) is 2.58. The van der Waals surface area contributed by atoms with E-state index in [1.54, 1.807) is 0 Å². The summed E-state index contributed by atoms with van der Waals surface area (Å²) in [7, 11) is 0. The van der Waals surface area contributed by atoms with Crippen LogP contribution >= 0.6 is 0 Å². The maximum absolute atomic E-state index is 2.51. The molecule has 1 aliphatic carbocycles. The van der Waals surface area contributed by atoms with E-state index in [1.165, 1.54) is 83.5 Å². The van der Waals surface area contributed by atoms with Crippen molar-refractivity contribution < 1.29 is 0 Å². The molecule has 1 aliphatic heterocycles. The van der Waals surface area contributed by atoms with E-state index in [4.69, 9.17) is 0 Å². The molecule has 0 unspecified atom stereocenters. The monoisotopic (exact) mass is 561 g/mol. The topological polar surface area (TPSA) is 3.24 Å². The number of hydrogen-bond acceptors (Lipinski definition) is 1. The largest absolute Gasteiger partial charge is 0.309 e. The van der Waals surface area contributed by atoms with E-state index < -0.39 is 0 Å². The first-order valence-electron chi connectivity index (χ1n) is 15.5. The zero-order valence-electron chi connectivity index (χ0n) is 24.9. The number of rotatable bonds is 2. The quantitative estimate of drug-likeness (QED) is 0.203. The molecule has 0 radical (unpaired) electrons. The fourth-order valence-electron chi connectivity index (χ4n) is 7.77. The van der Waals surface area contributed by atoms with Crippen molar-refractivity contribution in [2.45, 2.75) is 19.3 Å². The number of nitrogens with zero attached hydrogens (tertiary/aromatic N) is 1. The van der Waals surface area contributed by atoms with Gasteiger partial charge in [0.15, 0.2) is 0 Å². The molecule has 1 heterocycles. The Labute approximate surface area is 258 Å². The summed E-state index contributed by atoms with van der Waals surface area (Å²) in [4.78, 5) is 2.51. The third-order valence-electron chi connectivity index (χ3n) is 9.78. The summed E-state index contributed by atoms with van der Waals surface area (Å²) in [6.45, 7) is 4.76. The second-order valence-electron chi connectivity index (χ2n) is 12.5. The average molecular weight is 562 g/mol. The maximum Gasteiger partial charge on any atom is 0.0540 e. The average Bonchev–Trinajstić information content (AvgIpc) is 3.30. The molecule has 2 aliphatic rings. The summed E-state index contributed by atoms with van der Waals surface area (Å²) >= 11 is 0. The van der Waals surface area contributed by atoms with Gasteiger partial charge < -0.3 is 4.90 Å². The summed E-state index contributed by atoms with van der Waals surface area (Å²) < 4.78 is 0. The van der Waals surface area contributed by atoms with Gasteiger partial charge in [0.05, 0.1) is 11.4 Å². The number of benzene rings is 7. The van der Waals surface area contributed by atoms with Crippen LogP contribution < -0.4 is 4.90 Å². The standard InChI is InChI=1S/C43H31N/c1-43(2)37-23-9-6-20-35(37)42-36(28-14-4-3-5-15-28)26-30(27-38(42)43)44-39-24-10-7-18-31(39)33-21-12-16-29-17-13-22-34(41(29)33)32-19-8-11-25-40(32)44/h3-27H,1-2H3. The maximum atomic E-state index is 2.51. The van der Waals surface area contributed by atoms with Crippen LogP contribution in [0.3, 0.4) is 0 Å². The zero-order chi connectivity index (χ0) is 29.4. The Kier molecular flexibility index (Phi) is 5.31. The van der Waals surface area contributed by atoms with Gasteiger partial charge in [-0.05, 0) is 79.5 Å². The van der Waals surface area contributed by atoms with Gasteiger partial charge in [0.1, 0.15) is 0 Å². The van der Waals surface area contributed by atoms with Crippen molar-refractivity contribution in [3.63, 3.8) is 0 Å². The Balaban J connectivity index is 1.41. The van der Waals surface area contributed by atoms with E-state index in [1.807, 2.05) is 0 Å². The van der Waals surface area contributed by atoms with E-state index in [0.717, 1.165) is 0 Å². The van der Waals surface area contributed by atoms with Crippen LogP contribution in [0.1, 0.15) is 25.0 Å². The minimum atomic E-state index is -0.133. The van der Waals surface area contributed by atoms with Gasteiger partial charge >= 0.3 is 0 Å². The molecular weight excluding hydrogens is 530 g/mol. The third kappa shape index (κ3) is 3.47. The Morgan fingerprint density at radius 3 is 1.64 bits per heavy atom. The van der Waals surface area contributed by atoms with Crippen LogP contribution in [0.5, 0.6) is 0 Å². The highest BCUT2D eigenvalue weighted by molar-refractivity contribution is 6.13. The van der Waals surface area contributed by atoms with Crippen LogP contribution in [0, 0.1) is 0 Å². The fraction of sp³-hybridized carbons (Fsp3) is 0.0698. The highest BCUT2D eigenvalue weighted by Crippen LogP contribution is 2.56. The molecule has 0 amide bonds. The molecule has 208 valence electrons. The lowest BCUT2D eigenvalue weighted by molar-refractivity contribution is 0.660. The number of anilines is 3. The van der Waals surface area contributed by atoms with E-state index in [9.17, 15) is 0 Å². The number of para-hydroxylation sites is 2. The second kappa shape index (κ2) is 9.30. The van der Waals surface area contributed by atoms with Crippen LogP contribution in [-0.4, -0.2) is 0 Å². The second-order valence-corrected chi connectivity index (χ2v) is 12.5. The van der Waals surface area contributed by atoms with Crippen LogP contribution in [0.15, 0.2) is 152 Å². The molecule has 0 aromatic heterocycles. The lowest BCUT2D eigenvalue weighted by atomic mass is 9.81. The summed E-state index contributed by atoms with van der Waals surface area (Å²) in [6.07, 6.45) is 0. The summed E-state index contributed by atoms with van der Waals surface area (Å²) in [6, 6.07) is 56.0. The zero-order valence-corrected chi connectivity index (χ0v) is 24.9. The molecule has 7 aromatic rings. The molecule has 0 spiro atoms. The van der Waals surface area contributed by atoms with E-state index in [-0.39, 0.29) is 5.41 Å². The van der Waals surface area contributed by atoms with Gasteiger partial charge in [-0.25, -0.2) is 0 Å². The molecule has 0 fully saturated rings. The van der Waals surface area contributed by atoms with Crippen molar-refractivity contribution in [3.8, 4) is 44.5 Å². The van der Waals surface area contributed by atoms with Crippen molar-refractivity contribution in [1.29, 1.82) is 0 Å². The van der Waals surface area contributed by atoms with Crippen LogP contribution in [0.4, 0.5) is 17.1 Å². The molecule has 44 heavy (non-hydrogen) atoms. The molecule has 7 aromatic carbocycles. The molecule has 1 heteroatoms. The first-order chi connectivity index (χ1) is 21.6. The van der Waals surface area contributed by atoms with Gasteiger partial charge in [0.25, 0.3) is 0 Å². The first kappa shape index (κ1) is 25.1. The minimum absolute atomic E-state index is 0.133. The molecule has 0 bridgehead atoms. The smallest absolute Gasteiger partial charge is 0.0540 e. The Morgan fingerprint density at radius 1 is 0.432 bits per heavy atom. The predicted octanol–water partition coefficient (Wildman–Crippen LogP) is 11.9. The van der Waals surface area contributed by atoms with Crippen molar-refractivity contribution in [2.24, 2.45) is 0 Å². The summed E-state index contributed by atoms with van der Waals surface area (Å²) in [5.74, 6) is 0. The number of fused-ring (bicyclic) bond motifs is 7. The molecule has 0 N–H and O–H groups in total. The molecule has 9 rings (SSSR count). The van der Waals surface area contributed by atoms with Crippen molar-refractivity contribution in [2.75, 3.05) is 4.90 Å². The van der Waals surface area contributed by atoms with E-state index in [2.05, 4.69) is 170 Å². The van der Waals surface area contributed by atoms with Crippen molar-refractivity contribution in [3.05, 3.63) is 163 Å². The van der Waals surface area contributed by atoms with Gasteiger partial charge in [-0.2, -0.15) is 0 Å². The van der Waals surface area contributed by atoms with Crippen molar-refractivity contribution in [1.82, 2.24) is 0 Å². The Bertz CT molecular complexity index is 2170. The van der Waals surface area contributed by atoms with Gasteiger partial charge in [0, 0.05) is 22.2 Å². The van der Waals surface area contributed by atoms with E-state index in [0.29, 0.717) is 0 Å². The van der Waals surface area contributed by atoms with Gasteiger partial charge in [-0.1, -0.05) is 141 Å². The SMILES string of the molecule is CC1(C)c2ccccc2-c2c(-c3ccccc3)cc(N3c4ccccc4-c4cccc5cccc(c45)-c4ccccc43)cc21. The van der Waals surface area contributed by atoms with E-state index >= 15 is 0 Å². The first-order valence-corrected chi connectivity index (χ1v) is 15.5. The summed E-state index contributed by atoms with van der Waals surface area (Å²) in [5.41, 5.74) is 16.4. The molecule has 0 atom stereocenters. The molecule has 0 saturated heterocycles. The van der Waals surface area contributed by atoms with Gasteiger partial charge in [-0.15, -0.1) is 0 Å². The lowest BCUT2D eigenvalue weighted by Gasteiger charge is -2.33. The van der Waals surface area contributed by atoms with Gasteiger partial charge in [-0.3, -0.25) is 0 Å². The lowest BCUT2D eigenvalue weighted by Crippen LogP contribution is -2.18.